The smallest absolute Gasteiger partial charge is 0.261 e. The third-order valence-electron chi connectivity index (χ3n) is 4.55. The van der Waals surface area contributed by atoms with Crippen LogP contribution in [0.25, 0.3) is 0 Å². The topological polar surface area (TPSA) is 73.7 Å². The first-order chi connectivity index (χ1) is 12.5. The molecular formula is C19H23N3O4. The number of carbonyl (C=O) groups is 2. The van der Waals surface area contributed by atoms with Crippen molar-refractivity contribution in [1.29, 1.82) is 0 Å². The summed E-state index contributed by atoms with van der Waals surface area (Å²) in [4.78, 5) is 26.1. The zero-order chi connectivity index (χ0) is 18.7. The zero-order valence-electron chi connectivity index (χ0n) is 15.3. The molecule has 26 heavy (non-hydrogen) atoms. The first-order valence-electron chi connectivity index (χ1n) is 8.60. The Morgan fingerprint density at radius 2 is 2.00 bits per heavy atom. The first-order valence-corrected chi connectivity index (χ1v) is 8.60. The number of nitrogens with zero attached hydrogens (tertiary/aromatic N) is 3. The molecule has 0 spiro atoms. The van der Waals surface area contributed by atoms with Gasteiger partial charge in [0, 0.05) is 20.5 Å². The van der Waals surface area contributed by atoms with Crippen LogP contribution in [0.4, 0.5) is 0 Å². The van der Waals surface area contributed by atoms with Crippen LogP contribution in [-0.2, 0) is 11.8 Å². The van der Waals surface area contributed by atoms with Gasteiger partial charge in [-0.25, -0.2) is 0 Å². The molecule has 1 aromatic carbocycles. The minimum absolute atomic E-state index is 0.0400. The highest BCUT2D eigenvalue weighted by molar-refractivity contribution is 5.94. The molecule has 1 aliphatic rings. The Morgan fingerprint density at radius 1 is 1.27 bits per heavy atom. The van der Waals surface area contributed by atoms with E-state index in [1.165, 1.54) is 11.6 Å². The van der Waals surface area contributed by atoms with Gasteiger partial charge in [0.15, 0.2) is 23.8 Å². The SMILES string of the molecule is COc1ccc(C2CCCN2C(=O)COc2cn(C)nc2C(C)=O)cc1. The number of hydrogen-bond donors (Lipinski definition) is 0. The van der Waals surface area contributed by atoms with Gasteiger partial charge >= 0.3 is 0 Å². The van der Waals surface area contributed by atoms with Crippen LogP contribution < -0.4 is 9.47 Å². The van der Waals surface area contributed by atoms with Crippen LogP contribution in [0.5, 0.6) is 11.5 Å². The highest BCUT2D eigenvalue weighted by Crippen LogP contribution is 2.33. The van der Waals surface area contributed by atoms with E-state index in [1.54, 1.807) is 20.4 Å². The fraction of sp³-hybridized carbons (Fsp3) is 0.421. The molecule has 138 valence electrons. The summed E-state index contributed by atoms with van der Waals surface area (Å²) in [5.41, 5.74) is 1.33. The van der Waals surface area contributed by atoms with Gasteiger partial charge in [-0.3, -0.25) is 14.3 Å². The molecule has 1 fully saturated rings. The van der Waals surface area contributed by atoms with Gasteiger partial charge in [-0.1, -0.05) is 12.1 Å². The predicted octanol–water partition coefficient (Wildman–Crippen LogP) is 2.37. The molecule has 2 heterocycles. The fourth-order valence-electron chi connectivity index (χ4n) is 3.28. The van der Waals surface area contributed by atoms with Crippen LogP contribution in [0.2, 0.25) is 0 Å². The summed E-state index contributed by atoms with van der Waals surface area (Å²) >= 11 is 0. The number of amides is 1. The maximum Gasteiger partial charge on any atom is 0.261 e. The predicted molar refractivity (Wildman–Crippen MR) is 95.4 cm³/mol. The van der Waals surface area contributed by atoms with E-state index in [2.05, 4.69) is 5.10 Å². The molecule has 1 amide bonds. The van der Waals surface area contributed by atoms with Crippen LogP contribution in [0.3, 0.4) is 0 Å². The lowest BCUT2D eigenvalue weighted by atomic mass is 10.0. The molecule has 1 aliphatic heterocycles. The number of rotatable bonds is 6. The lowest BCUT2D eigenvalue weighted by Gasteiger charge is -2.25. The Hall–Kier alpha value is -2.83. The molecule has 1 atom stereocenters. The number of benzene rings is 1. The number of methoxy groups -OCH3 is 1. The van der Waals surface area contributed by atoms with Crippen molar-refractivity contribution in [3.8, 4) is 11.5 Å². The van der Waals surface area contributed by atoms with Crippen molar-refractivity contribution in [2.75, 3.05) is 20.3 Å². The summed E-state index contributed by atoms with van der Waals surface area (Å²) in [5, 5.41) is 4.07. The van der Waals surface area contributed by atoms with Gasteiger partial charge in [0.05, 0.1) is 19.3 Å². The molecule has 3 rings (SSSR count). The van der Waals surface area contributed by atoms with Crippen molar-refractivity contribution >= 4 is 11.7 Å². The Kier molecular flexibility index (Phi) is 5.25. The number of ketones is 1. The second-order valence-corrected chi connectivity index (χ2v) is 6.38. The Morgan fingerprint density at radius 3 is 2.65 bits per heavy atom. The number of ether oxygens (including phenoxy) is 2. The number of aromatic nitrogens is 2. The second-order valence-electron chi connectivity index (χ2n) is 6.38. The highest BCUT2D eigenvalue weighted by Gasteiger charge is 2.30. The van der Waals surface area contributed by atoms with E-state index in [-0.39, 0.29) is 30.0 Å². The quantitative estimate of drug-likeness (QED) is 0.742. The molecule has 2 aromatic rings. The maximum atomic E-state index is 12.7. The van der Waals surface area contributed by atoms with E-state index in [4.69, 9.17) is 9.47 Å². The summed E-state index contributed by atoms with van der Waals surface area (Å²) in [6.45, 7) is 2.02. The van der Waals surface area contributed by atoms with Crippen LogP contribution in [0, 0.1) is 0 Å². The Bertz CT molecular complexity index is 798. The number of aryl methyl sites for hydroxylation is 1. The zero-order valence-corrected chi connectivity index (χ0v) is 15.3. The number of hydrogen-bond acceptors (Lipinski definition) is 5. The third-order valence-corrected chi connectivity index (χ3v) is 4.55. The van der Waals surface area contributed by atoms with Crippen molar-refractivity contribution in [2.45, 2.75) is 25.8 Å². The molecular weight excluding hydrogens is 334 g/mol. The van der Waals surface area contributed by atoms with Crippen LogP contribution in [-0.4, -0.2) is 46.6 Å². The van der Waals surface area contributed by atoms with Crippen molar-refractivity contribution in [2.24, 2.45) is 7.05 Å². The molecule has 1 saturated heterocycles. The molecule has 0 aliphatic carbocycles. The average molecular weight is 357 g/mol. The Labute approximate surface area is 152 Å². The van der Waals surface area contributed by atoms with Crippen LogP contribution >= 0.6 is 0 Å². The molecule has 0 saturated carbocycles. The molecule has 7 nitrogen and oxygen atoms in total. The van der Waals surface area contributed by atoms with E-state index < -0.39 is 0 Å². The number of Topliss-reactive ketones (excluding diaryl/α,β-unsaturated/α-hetero) is 1. The normalized spacial score (nSPS) is 16.6. The van der Waals surface area contributed by atoms with Gasteiger partial charge < -0.3 is 14.4 Å². The molecule has 0 bridgehead atoms. The highest BCUT2D eigenvalue weighted by atomic mass is 16.5. The van der Waals surface area contributed by atoms with E-state index in [0.717, 1.165) is 24.2 Å². The van der Waals surface area contributed by atoms with E-state index in [9.17, 15) is 9.59 Å². The van der Waals surface area contributed by atoms with Crippen molar-refractivity contribution in [3.05, 3.63) is 41.7 Å². The van der Waals surface area contributed by atoms with Crippen molar-refractivity contribution in [3.63, 3.8) is 0 Å². The van der Waals surface area contributed by atoms with Crippen LogP contribution in [0.15, 0.2) is 30.5 Å². The lowest BCUT2D eigenvalue weighted by molar-refractivity contribution is -0.134. The summed E-state index contributed by atoms with van der Waals surface area (Å²) in [7, 11) is 3.34. The van der Waals surface area contributed by atoms with Gasteiger partial charge in [-0.05, 0) is 30.5 Å². The summed E-state index contributed by atoms with van der Waals surface area (Å²) in [6.07, 6.45) is 3.48. The van der Waals surface area contributed by atoms with E-state index in [0.29, 0.717) is 12.3 Å². The van der Waals surface area contributed by atoms with Crippen molar-refractivity contribution < 1.29 is 19.1 Å². The van der Waals surface area contributed by atoms with Gasteiger partial charge in [-0.2, -0.15) is 5.10 Å². The molecule has 7 heteroatoms. The summed E-state index contributed by atoms with van der Waals surface area (Å²) in [6, 6.07) is 7.83. The third kappa shape index (κ3) is 3.71. The molecule has 0 N–H and O–H groups in total. The molecule has 0 radical (unpaired) electrons. The average Bonchev–Trinajstić information content (AvgIpc) is 3.26. The van der Waals surface area contributed by atoms with Gasteiger partial charge in [-0.15, -0.1) is 0 Å². The van der Waals surface area contributed by atoms with Crippen molar-refractivity contribution in [1.82, 2.24) is 14.7 Å². The molecule has 1 aromatic heterocycles. The monoisotopic (exact) mass is 357 g/mol. The van der Waals surface area contributed by atoms with Gasteiger partial charge in [0.2, 0.25) is 0 Å². The minimum atomic E-state index is -0.190. The fourth-order valence-corrected chi connectivity index (χ4v) is 3.28. The first kappa shape index (κ1) is 18.0. The molecule has 1 unspecified atom stereocenters. The summed E-state index contributed by atoms with van der Waals surface area (Å²) < 4.78 is 12.3. The van der Waals surface area contributed by atoms with E-state index in [1.807, 2.05) is 29.2 Å². The Balaban J connectivity index is 1.67. The number of carbonyl (C=O) groups excluding carboxylic acids is 2. The minimum Gasteiger partial charge on any atom is -0.497 e. The maximum absolute atomic E-state index is 12.7. The second kappa shape index (κ2) is 7.59. The number of likely N-dealkylation sites (tertiary alicyclic amines) is 1. The standard InChI is InChI=1S/C19H23N3O4/c1-13(23)19-17(11-21(2)20-19)26-12-18(24)22-10-4-5-16(22)14-6-8-15(25-3)9-7-14/h6-9,11,16H,4-5,10,12H2,1-3H3. The lowest BCUT2D eigenvalue weighted by Crippen LogP contribution is -2.34. The largest absolute Gasteiger partial charge is 0.497 e. The van der Waals surface area contributed by atoms with Crippen LogP contribution in [0.1, 0.15) is 41.9 Å². The van der Waals surface area contributed by atoms with Gasteiger partial charge in [0.1, 0.15) is 5.75 Å². The van der Waals surface area contributed by atoms with E-state index >= 15 is 0 Å². The van der Waals surface area contributed by atoms with Gasteiger partial charge in [0.25, 0.3) is 5.91 Å². The summed E-state index contributed by atoms with van der Waals surface area (Å²) in [5.74, 6) is 0.849.